The Hall–Kier alpha value is -0.280. The molecule has 0 atom stereocenters. The third kappa shape index (κ3) is 3.08. The normalized spacial score (nSPS) is 17.1. The van der Waals surface area contributed by atoms with Crippen LogP contribution in [0.3, 0.4) is 0 Å². The van der Waals surface area contributed by atoms with Gasteiger partial charge in [-0.3, -0.25) is 0 Å². The van der Waals surface area contributed by atoms with Crippen molar-refractivity contribution in [3.8, 4) is 0 Å². The van der Waals surface area contributed by atoms with Gasteiger partial charge in [0.15, 0.2) is 0 Å². The van der Waals surface area contributed by atoms with E-state index in [1.54, 1.807) is 12.1 Å². The molecule has 106 valence electrons. The number of benzene rings is 1. The predicted octanol–water partition coefficient (Wildman–Crippen LogP) is 3.70. The van der Waals surface area contributed by atoms with Gasteiger partial charge in [-0.15, -0.1) is 0 Å². The van der Waals surface area contributed by atoms with Crippen LogP contribution in [0, 0.1) is 11.3 Å². The molecule has 19 heavy (non-hydrogen) atoms. The Bertz CT molecular complexity index is 404. The molecule has 0 heterocycles. The number of halogens is 2. The van der Waals surface area contributed by atoms with Gasteiger partial charge in [0.25, 0.3) is 0 Å². The van der Waals surface area contributed by atoms with E-state index < -0.39 is 5.41 Å². The highest BCUT2D eigenvalue weighted by atomic mass is 35.5. The summed E-state index contributed by atoms with van der Waals surface area (Å²) in [5, 5.41) is 20.9. The summed E-state index contributed by atoms with van der Waals surface area (Å²) in [6, 6.07) is 5.41. The molecule has 1 aliphatic rings. The number of aliphatic hydroxyl groups excluding tert-OH is 2. The lowest BCUT2D eigenvalue weighted by Gasteiger charge is -2.36. The summed E-state index contributed by atoms with van der Waals surface area (Å²) in [5.74, 6) is 0.342. The number of hydrogen-bond acceptors (Lipinski definition) is 2. The van der Waals surface area contributed by atoms with Gasteiger partial charge in [0.1, 0.15) is 0 Å². The first kappa shape index (κ1) is 15.1. The molecule has 0 unspecified atom stereocenters. The largest absolute Gasteiger partial charge is 0.396 e. The first-order valence-electron chi connectivity index (χ1n) is 6.77. The molecule has 0 aromatic heterocycles. The van der Waals surface area contributed by atoms with Crippen molar-refractivity contribution in [2.45, 2.75) is 32.1 Å². The summed E-state index contributed by atoms with van der Waals surface area (Å²) in [4.78, 5) is 0. The first-order valence-corrected chi connectivity index (χ1v) is 7.53. The topological polar surface area (TPSA) is 40.5 Å². The molecule has 1 saturated carbocycles. The lowest BCUT2D eigenvalue weighted by molar-refractivity contribution is 0.00574. The third-order valence-electron chi connectivity index (χ3n) is 4.44. The smallest absolute Gasteiger partial charge is 0.0515 e. The van der Waals surface area contributed by atoms with Crippen molar-refractivity contribution >= 4 is 23.2 Å². The van der Waals surface area contributed by atoms with E-state index in [0.717, 1.165) is 18.4 Å². The van der Waals surface area contributed by atoms with E-state index in [1.807, 2.05) is 6.07 Å². The molecular formula is C15H20Cl2O2. The molecule has 0 amide bonds. The van der Waals surface area contributed by atoms with Gasteiger partial charge in [-0.2, -0.15) is 0 Å². The van der Waals surface area contributed by atoms with E-state index >= 15 is 0 Å². The van der Waals surface area contributed by atoms with Gasteiger partial charge in [0.05, 0.1) is 13.2 Å². The minimum absolute atomic E-state index is 0.0320. The zero-order valence-corrected chi connectivity index (χ0v) is 12.4. The molecule has 1 aromatic rings. The first-order chi connectivity index (χ1) is 9.13. The number of rotatable bonds is 5. The van der Waals surface area contributed by atoms with E-state index in [-0.39, 0.29) is 13.2 Å². The second kappa shape index (κ2) is 6.45. The minimum atomic E-state index is -0.509. The molecule has 1 fully saturated rings. The predicted molar refractivity (Wildman–Crippen MR) is 78.7 cm³/mol. The van der Waals surface area contributed by atoms with Crippen LogP contribution >= 0.6 is 23.2 Å². The molecule has 4 heteroatoms. The Morgan fingerprint density at radius 2 is 1.58 bits per heavy atom. The molecule has 0 radical (unpaired) electrons. The van der Waals surface area contributed by atoms with Crippen LogP contribution in [0.5, 0.6) is 0 Å². The van der Waals surface area contributed by atoms with Crippen LogP contribution in [-0.4, -0.2) is 23.4 Å². The second-order valence-electron chi connectivity index (χ2n) is 5.54. The van der Waals surface area contributed by atoms with Crippen molar-refractivity contribution in [1.29, 1.82) is 0 Å². The average molecular weight is 303 g/mol. The van der Waals surface area contributed by atoms with Crippen LogP contribution in [0.4, 0.5) is 0 Å². The van der Waals surface area contributed by atoms with Crippen molar-refractivity contribution < 1.29 is 10.2 Å². The zero-order chi connectivity index (χ0) is 13.9. The van der Waals surface area contributed by atoms with Crippen LogP contribution in [0.2, 0.25) is 10.0 Å². The van der Waals surface area contributed by atoms with Crippen LogP contribution in [-0.2, 0) is 6.42 Å². The summed E-state index contributed by atoms with van der Waals surface area (Å²) in [5.41, 5.74) is 0.325. The van der Waals surface area contributed by atoms with Gasteiger partial charge in [-0.1, -0.05) is 42.1 Å². The monoisotopic (exact) mass is 302 g/mol. The van der Waals surface area contributed by atoms with Crippen molar-refractivity contribution in [1.82, 2.24) is 0 Å². The highest BCUT2D eigenvalue weighted by Gasteiger charge is 2.40. The Kier molecular flexibility index (Phi) is 5.13. The van der Waals surface area contributed by atoms with Crippen LogP contribution < -0.4 is 0 Å². The van der Waals surface area contributed by atoms with E-state index in [0.29, 0.717) is 22.4 Å². The standard InChI is InChI=1S/C15H20Cl2O2/c16-13-6-3-7-14(17)12(13)8-15(9-18,10-19)11-4-1-2-5-11/h3,6-7,11,18-19H,1-2,4-5,8-10H2. The average Bonchev–Trinajstić information content (AvgIpc) is 2.94. The Morgan fingerprint density at radius 1 is 1.05 bits per heavy atom. The number of hydrogen-bond donors (Lipinski definition) is 2. The zero-order valence-electron chi connectivity index (χ0n) is 10.9. The molecule has 2 N–H and O–H groups in total. The Balaban J connectivity index is 2.30. The highest BCUT2D eigenvalue weighted by molar-refractivity contribution is 6.36. The van der Waals surface area contributed by atoms with Gasteiger partial charge in [-0.25, -0.2) is 0 Å². The fraction of sp³-hybridized carbons (Fsp3) is 0.600. The molecule has 0 aliphatic heterocycles. The summed E-state index contributed by atoms with van der Waals surface area (Å²) in [7, 11) is 0. The Morgan fingerprint density at radius 3 is 2.05 bits per heavy atom. The van der Waals surface area contributed by atoms with Gasteiger partial charge < -0.3 is 10.2 Å². The lowest BCUT2D eigenvalue weighted by atomic mass is 9.71. The van der Waals surface area contributed by atoms with Crippen molar-refractivity contribution in [3.63, 3.8) is 0 Å². The number of aliphatic hydroxyl groups is 2. The van der Waals surface area contributed by atoms with Crippen molar-refractivity contribution in [3.05, 3.63) is 33.8 Å². The van der Waals surface area contributed by atoms with Crippen LogP contribution in [0.25, 0.3) is 0 Å². The van der Waals surface area contributed by atoms with Gasteiger partial charge >= 0.3 is 0 Å². The maximum Gasteiger partial charge on any atom is 0.0515 e. The summed E-state index contributed by atoms with van der Waals surface area (Å²) in [6.07, 6.45) is 4.99. The van der Waals surface area contributed by atoms with E-state index in [4.69, 9.17) is 23.2 Å². The van der Waals surface area contributed by atoms with Crippen LogP contribution in [0.1, 0.15) is 31.2 Å². The van der Waals surface area contributed by atoms with E-state index in [1.165, 1.54) is 12.8 Å². The molecule has 0 bridgehead atoms. The van der Waals surface area contributed by atoms with Crippen molar-refractivity contribution in [2.24, 2.45) is 11.3 Å². The minimum Gasteiger partial charge on any atom is -0.396 e. The maximum absolute atomic E-state index is 9.83. The van der Waals surface area contributed by atoms with E-state index in [9.17, 15) is 10.2 Å². The molecule has 1 aromatic carbocycles. The SMILES string of the molecule is OCC(CO)(Cc1c(Cl)cccc1Cl)C1CCCC1. The molecule has 2 rings (SSSR count). The summed E-state index contributed by atoms with van der Waals surface area (Å²) >= 11 is 12.4. The molecule has 0 spiro atoms. The quantitative estimate of drug-likeness (QED) is 0.871. The Labute approximate surface area is 124 Å². The molecule has 0 saturated heterocycles. The molecular weight excluding hydrogens is 283 g/mol. The summed E-state index contributed by atoms with van der Waals surface area (Å²) in [6.45, 7) is -0.0641. The fourth-order valence-corrected chi connectivity index (χ4v) is 3.69. The van der Waals surface area contributed by atoms with Gasteiger partial charge in [0.2, 0.25) is 0 Å². The van der Waals surface area contributed by atoms with E-state index in [2.05, 4.69) is 0 Å². The van der Waals surface area contributed by atoms with Gasteiger partial charge in [-0.05, 0) is 42.9 Å². The molecule has 1 aliphatic carbocycles. The van der Waals surface area contributed by atoms with Crippen LogP contribution in [0.15, 0.2) is 18.2 Å². The fourth-order valence-electron chi connectivity index (χ4n) is 3.16. The third-order valence-corrected chi connectivity index (χ3v) is 5.15. The maximum atomic E-state index is 9.83. The highest BCUT2D eigenvalue weighted by Crippen LogP contribution is 2.43. The second-order valence-corrected chi connectivity index (χ2v) is 6.35. The van der Waals surface area contributed by atoms with Gasteiger partial charge in [0, 0.05) is 15.5 Å². The van der Waals surface area contributed by atoms with Crippen molar-refractivity contribution in [2.75, 3.05) is 13.2 Å². The lowest BCUT2D eigenvalue weighted by Crippen LogP contribution is -2.39. The summed E-state index contributed by atoms with van der Waals surface area (Å²) < 4.78 is 0. The molecule has 2 nitrogen and oxygen atoms in total.